The Morgan fingerprint density at radius 2 is 2.00 bits per heavy atom. The van der Waals surface area contributed by atoms with Crippen LogP contribution in [0.1, 0.15) is 41.9 Å². The van der Waals surface area contributed by atoms with Crippen molar-refractivity contribution in [1.82, 2.24) is 15.1 Å². The lowest BCUT2D eigenvalue weighted by molar-refractivity contribution is 0.0925. The molecule has 1 heterocycles. The van der Waals surface area contributed by atoms with Gasteiger partial charge >= 0.3 is 0 Å². The van der Waals surface area contributed by atoms with Crippen molar-refractivity contribution in [2.45, 2.75) is 32.4 Å². The van der Waals surface area contributed by atoms with Crippen LogP contribution in [-0.4, -0.2) is 29.4 Å². The molecule has 0 spiro atoms. The van der Waals surface area contributed by atoms with Crippen LogP contribution in [0.15, 0.2) is 47.3 Å². The molecule has 1 N–H and O–H groups in total. The molecule has 0 radical (unpaired) electrons. The lowest BCUT2D eigenvalue weighted by atomic mass is 10.0. The smallest absolute Gasteiger partial charge is 0.272 e. The van der Waals surface area contributed by atoms with Crippen molar-refractivity contribution in [3.05, 3.63) is 64.1 Å². The summed E-state index contributed by atoms with van der Waals surface area (Å²) >= 11 is 0. The van der Waals surface area contributed by atoms with Crippen LogP contribution < -0.4 is 10.9 Å². The molecular formula is C18H23N3O3. The number of nitrogens with one attached hydrogen (secondary N) is 1. The minimum Gasteiger partial charge on any atom is -0.383 e. The first-order chi connectivity index (χ1) is 11.7. The molecule has 0 unspecified atom stereocenters. The largest absolute Gasteiger partial charge is 0.383 e. The molecule has 0 aliphatic heterocycles. The Labute approximate surface area is 141 Å². The van der Waals surface area contributed by atoms with Gasteiger partial charge in [0.2, 0.25) is 0 Å². The minimum absolute atomic E-state index is 0.0788. The lowest BCUT2D eigenvalue weighted by Gasteiger charge is -2.18. The van der Waals surface area contributed by atoms with Crippen LogP contribution in [0.2, 0.25) is 0 Å². The molecule has 1 amide bonds. The second-order valence-electron chi connectivity index (χ2n) is 5.50. The summed E-state index contributed by atoms with van der Waals surface area (Å²) in [5.74, 6) is -0.288. The van der Waals surface area contributed by atoms with E-state index >= 15 is 0 Å². The maximum absolute atomic E-state index is 12.5. The average molecular weight is 329 g/mol. The Morgan fingerprint density at radius 1 is 1.25 bits per heavy atom. The standard InChI is InChI=1S/C18H23N3O3/c1-3-7-15(14-8-5-4-6-9-14)19-18(23)16-10-11-17(22)21(20-16)12-13-24-2/h4-6,8-11,15H,3,7,12-13H2,1-2H3,(H,19,23)/t15-/m1/s1. The summed E-state index contributed by atoms with van der Waals surface area (Å²) in [6, 6.07) is 12.6. The molecule has 0 aliphatic carbocycles. The van der Waals surface area contributed by atoms with Crippen molar-refractivity contribution < 1.29 is 9.53 Å². The van der Waals surface area contributed by atoms with Gasteiger partial charge in [-0.05, 0) is 18.1 Å². The third-order valence-electron chi connectivity index (χ3n) is 3.69. The summed E-state index contributed by atoms with van der Waals surface area (Å²) in [6.07, 6.45) is 1.78. The molecule has 24 heavy (non-hydrogen) atoms. The zero-order valence-electron chi connectivity index (χ0n) is 14.1. The Hall–Kier alpha value is -2.47. The summed E-state index contributed by atoms with van der Waals surface area (Å²) in [6.45, 7) is 2.75. The number of ether oxygens (including phenoxy) is 1. The Bertz CT molecular complexity index is 713. The molecule has 0 saturated carbocycles. The van der Waals surface area contributed by atoms with Crippen LogP contribution >= 0.6 is 0 Å². The van der Waals surface area contributed by atoms with Crippen LogP contribution in [0, 0.1) is 0 Å². The lowest BCUT2D eigenvalue weighted by Crippen LogP contribution is -2.32. The molecule has 1 atom stereocenters. The zero-order valence-corrected chi connectivity index (χ0v) is 14.1. The van der Waals surface area contributed by atoms with Crippen molar-refractivity contribution >= 4 is 5.91 Å². The first-order valence-electron chi connectivity index (χ1n) is 8.08. The molecule has 6 nitrogen and oxygen atoms in total. The van der Waals surface area contributed by atoms with Gasteiger partial charge in [-0.3, -0.25) is 9.59 Å². The predicted molar refractivity (Wildman–Crippen MR) is 91.9 cm³/mol. The summed E-state index contributed by atoms with van der Waals surface area (Å²) in [7, 11) is 1.55. The van der Waals surface area contributed by atoms with Gasteiger partial charge < -0.3 is 10.1 Å². The fraction of sp³-hybridized carbons (Fsp3) is 0.389. The number of carbonyl (C=O) groups excluding carboxylic acids is 1. The van der Waals surface area contributed by atoms with Gasteiger partial charge in [0.05, 0.1) is 19.2 Å². The predicted octanol–water partition coefficient (Wildman–Crippen LogP) is 2.16. The van der Waals surface area contributed by atoms with Gasteiger partial charge in [0.15, 0.2) is 0 Å². The van der Waals surface area contributed by atoms with E-state index in [1.165, 1.54) is 16.8 Å². The van der Waals surface area contributed by atoms with E-state index in [1.54, 1.807) is 7.11 Å². The highest BCUT2D eigenvalue weighted by molar-refractivity contribution is 5.92. The summed E-state index contributed by atoms with van der Waals surface area (Å²) in [5.41, 5.74) is 1.03. The Morgan fingerprint density at radius 3 is 2.67 bits per heavy atom. The molecule has 0 fully saturated rings. The SMILES string of the molecule is CCC[C@@H](NC(=O)c1ccc(=O)n(CCOC)n1)c1ccccc1. The molecule has 6 heteroatoms. The number of rotatable bonds is 8. The van der Waals surface area contributed by atoms with Gasteiger partial charge in [-0.15, -0.1) is 0 Å². The quantitative estimate of drug-likeness (QED) is 0.805. The molecule has 2 rings (SSSR count). The highest BCUT2D eigenvalue weighted by atomic mass is 16.5. The number of amides is 1. The van der Waals surface area contributed by atoms with E-state index < -0.39 is 0 Å². The van der Waals surface area contributed by atoms with Crippen molar-refractivity contribution in [1.29, 1.82) is 0 Å². The van der Waals surface area contributed by atoms with Gasteiger partial charge in [-0.2, -0.15) is 5.10 Å². The van der Waals surface area contributed by atoms with E-state index in [2.05, 4.69) is 17.3 Å². The molecule has 2 aromatic rings. The maximum Gasteiger partial charge on any atom is 0.272 e. The van der Waals surface area contributed by atoms with Gasteiger partial charge in [-0.1, -0.05) is 43.7 Å². The fourth-order valence-electron chi connectivity index (χ4n) is 2.44. The first kappa shape index (κ1) is 17.9. The number of methoxy groups -OCH3 is 1. The van der Waals surface area contributed by atoms with Gasteiger partial charge in [-0.25, -0.2) is 4.68 Å². The van der Waals surface area contributed by atoms with E-state index in [0.29, 0.717) is 13.2 Å². The molecule has 128 valence electrons. The van der Waals surface area contributed by atoms with E-state index in [9.17, 15) is 9.59 Å². The molecule has 0 saturated heterocycles. The summed E-state index contributed by atoms with van der Waals surface area (Å²) in [5, 5.41) is 7.13. The normalized spacial score (nSPS) is 11.9. The van der Waals surface area contributed by atoms with Crippen LogP contribution in [0.5, 0.6) is 0 Å². The highest BCUT2D eigenvalue weighted by Crippen LogP contribution is 2.18. The van der Waals surface area contributed by atoms with Crippen molar-refractivity contribution in [2.75, 3.05) is 13.7 Å². The van der Waals surface area contributed by atoms with Gasteiger partial charge in [0.1, 0.15) is 5.69 Å². The van der Waals surface area contributed by atoms with E-state index in [-0.39, 0.29) is 23.2 Å². The van der Waals surface area contributed by atoms with E-state index in [1.807, 2.05) is 30.3 Å². The van der Waals surface area contributed by atoms with Crippen LogP contribution in [-0.2, 0) is 11.3 Å². The van der Waals surface area contributed by atoms with Crippen LogP contribution in [0.3, 0.4) is 0 Å². The van der Waals surface area contributed by atoms with Crippen molar-refractivity contribution in [3.8, 4) is 0 Å². The minimum atomic E-state index is -0.288. The molecule has 1 aromatic heterocycles. The Balaban J connectivity index is 2.16. The first-order valence-corrected chi connectivity index (χ1v) is 8.08. The third-order valence-corrected chi connectivity index (χ3v) is 3.69. The zero-order chi connectivity index (χ0) is 17.4. The molecule has 1 aromatic carbocycles. The number of hydrogen-bond donors (Lipinski definition) is 1. The second-order valence-corrected chi connectivity index (χ2v) is 5.50. The number of nitrogens with zero attached hydrogens (tertiary/aromatic N) is 2. The summed E-state index contributed by atoms with van der Waals surface area (Å²) < 4.78 is 6.20. The van der Waals surface area contributed by atoms with E-state index in [4.69, 9.17) is 4.74 Å². The topological polar surface area (TPSA) is 73.2 Å². The average Bonchev–Trinajstić information content (AvgIpc) is 2.61. The third kappa shape index (κ3) is 4.76. The molecule has 0 bridgehead atoms. The monoisotopic (exact) mass is 329 g/mol. The molecular weight excluding hydrogens is 306 g/mol. The van der Waals surface area contributed by atoms with Crippen LogP contribution in [0.4, 0.5) is 0 Å². The number of aromatic nitrogens is 2. The van der Waals surface area contributed by atoms with Crippen molar-refractivity contribution in [2.24, 2.45) is 0 Å². The number of carbonyl (C=O) groups is 1. The van der Waals surface area contributed by atoms with Gasteiger partial charge in [0.25, 0.3) is 11.5 Å². The van der Waals surface area contributed by atoms with Crippen molar-refractivity contribution in [3.63, 3.8) is 0 Å². The Kier molecular flexibility index (Phi) is 6.69. The van der Waals surface area contributed by atoms with E-state index in [0.717, 1.165) is 18.4 Å². The van der Waals surface area contributed by atoms with Crippen LogP contribution in [0.25, 0.3) is 0 Å². The summed E-state index contributed by atoms with van der Waals surface area (Å²) in [4.78, 5) is 24.3. The maximum atomic E-state index is 12.5. The van der Waals surface area contributed by atoms with Gasteiger partial charge in [0, 0.05) is 13.2 Å². The highest BCUT2D eigenvalue weighted by Gasteiger charge is 2.16. The second kappa shape index (κ2) is 8.98. The number of hydrogen-bond acceptors (Lipinski definition) is 4. The molecule has 0 aliphatic rings. The fourth-order valence-corrected chi connectivity index (χ4v) is 2.44. The number of benzene rings is 1.